The minimum absolute atomic E-state index is 0.145. The fourth-order valence-corrected chi connectivity index (χ4v) is 2.79. The molecule has 1 unspecified atom stereocenters. The number of amides is 1. The van der Waals surface area contributed by atoms with Gasteiger partial charge in [0.15, 0.2) is 0 Å². The van der Waals surface area contributed by atoms with Crippen molar-refractivity contribution in [2.75, 3.05) is 33.3 Å². The third-order valence-electron chi connectivity index (χ3n) is 4.40. The van der Waals surface area contributed by atoms with Crippen LogP contribution in [0.25, 0.3) is 0 Å². The zero-order chi connectivity index (χ0) is 16.4. The van der Waals surface area contributed by atoms with Crippen LogP contribution in [0.3, 0.4) is 0 Å². The molecule has 3 rings (SSSR count). The van der Waals surface area contributed by atoms with Crippen molar-refractivity contribution >= 4 is 5.91 Å². The van der Waals surface area contributed by atoms with Gasteiger partial charge < -0.3 is 15.0 Å². The maximum absolute atomic E-state index is 12.7. The Kier molecular flexibility index (Phi) is 4.58. The highest BCUT2D eigenvalue weighted by atomic mass is 19.3. The molecule has 1 aromatic rings. The number of nitrogens with zero attached hydrogens (tertiary/aromatic N) is 3. The molecular formula is C14H21F2N5O2. The van der Waals surface area contributed by atoms with Crippen molar-refractivity contribution in [2.45, 2.75) is 37.2 Å². The second-order valence-corrected chi connectivity index (χ2v) is 6.06. The van der Waals surface area contributed by atoms with Gasteiger partial charge in [0.05, 0.1) is 6.61 Å². The van der Waals surface area contributed by atoms with Gasteiger partial charge in [-0.05, 0) is 25.9 Å². The van der Waals surface area contributed by atoms with Crippen molar-refractivity contribution in [2.24, 2.45) is 0 Å². The molecule has 7 nitrogen and oxygen atoms in total. The summed E-state index contributed by atoms with van der Waals surface area (Å²) in [6, 6.07) is 0. The quantitative estimate of drug-likeness (QED) is 0.805. The molecule has 1 amide bonds. The van der Waals surface area contributed by atoms with Gasteiger partial charge in [-0.2, -0.15) is 0 Å². The van der Waals surface area contributed by atoms with Crippen molar-refractivity contribution < 1.29 is 18.3 Å². The summed E-state index contributed by atoms with van der Waals surface area (Å²) in [6.07, 6.45) is 0.760. The van der Waals surface area contributed by atoms with Crippen molar-refractivity contribution in [1.82, 2.24) is 25.4 Å². The van der Waals surface area contributed by atoms with E-state index in [0.717, 1.165) is 31.8 Å². The smallest absolute Gasteiger partial charge is 0.290 e. The summed E-state index contributed by atoms with van der Waals surface area (Å²) in [4.78, 5) is 17.9. The van der Waals surface area contributed by atoms with Gasteiger partial charge in [0.2, 0.25) is 5.82 Å². The van der Waals surface area contributed by atoms with Crippen LogP contribution in [-0.2, 0) is 4.74 Å². The third kappa shape index (κ3) is 3.84. The van der Waals surface area contributed by atoms with E-state index in [2.05, 4.69) is 25.4 Å². The number of H-pyrrole nitrogens is 1. The number of aromatic amines is 1. The maximum Gasteiger partial charge on any atom is 0.290 e. The lowest BCUT2D eigenvalue weighted by Crippen LogP contribution is -2.36. The predicted octanol–water partition coefficient (Wildman–Crippen LogP) is 0.768. The molecule has 1 aliphatic carbocycles. The lowest BCUT2D eigenvalue weighted by molar-refractivity contribution is 0.00443. The lowest BCUT2D eigenvalue weighted by atomic mass is 9.96. The maximum atomic E-state index is 12.7. The second kappa shape index (κ2) is 6.48. The van der Waals surface area contributed by atoms with Crippen LogP contribution in [0.15, 0.2) is 0 Å². The molecule has 0 radical (unpaired) electrons. The molecule has 1 saturated heterocycles. The number of rotatable bonds is 6. The molecule has 0 spiro atoms. The Hall–Kier alpha value is -1.61. The molecule has 1 aromatic heterocycles. The number of hydrogen-bond donors (Lipinski definition) is 2. The van der Waals surface area contributed by atoms with E-state index in [0.29, 0.717) is 13.2 Å². The molecule has 2 N–H and O–H groups in total. The number of aromatic nitrogens is 3. The van der Waals surface area contributed by atoms with Crippen LogP contribution in [-0.4, -0.2) is 71.3 Å². The van der Waals surface area contributed by atoms with Crippen molar-refractivity contribution in [3.8, 4) is 0 Å². The number of piperidine rings is 1. The molecule has 23 heavy (non-hydrogen) atoms. The molecule has 1 aliphatic heterocycles. The number of carbonyl (C=O) groups is 1. The fourth-order valence-electron chi connectivity index (χ4n) is 2.79. The van der Waals surface area contributed by atoms with E-state index in [1.165, 1.54) is 7.05 Å². The number of carbonyl (C=O) groups excluding carboxylic acids is 1. The summed E-state index contributed by atoms with van der Waals surface area (Å²) in [5.41, 5.74) is 0. The molecule has 2 fully saturated rings. The van der Waals surface area contributed by atoms with Crippen LogP contribution in [0.5, 0.6) is 0 Å². The molecule has 9 heteroatoms. The van der Waals surface area contributed by atoms with Crippen LogP contribution >= 0.6 is 0 Å². The van der Waals surface area contributed by atoms with Gasteiger partial charge in [0, 0.05) is 25.9 Å². The Bertz CT molecular complexity index is 557. The van der Waals surface area contributed by atoms with Gasteiger partial charge in [0.25, 0.3) is 11.8 Å². The highest BCUT2D eigenvalue weighted by Crippen LogP contribution is 2.44. The number of likely N-dealkylation sites (tertiary alicyclic amines) is 1. The predicted molar refractivity (Wildman–Crippen MR) is 77.5 cm³/mol. The summed E-state index contributed by atoms with van der Waals surface area (Å²) in [5.74, 6) is -1.78. The minimum atomic E-state index is -2.61. The Balaban J connectivity index is 1.40. The van der Waals surface area contributed by atoms with Gasteiger partial charge in [0.1, 0.15) is 11.9 Å². The lowest BCUT2D eigenvalue weighted by Gasteiger charge is -2.30. The van der Waals surface area contributed by atoms with E-state index in [9.17, 15) is 13.6 Å². The topological polar surface area (TPSA) is 83.1 Å². The van der Waals surface area contributed by atoms with Crippen LogP contribution in [0.4, 0.5) is 8.78 Å². The molecule has 0 bridgehead atoms. The van der Waals surface area contributed by atoms with Gasteiger partial charge in [-0.15, -0.1) is 5.10 Å². The number of halogens is 2. The summed E-state index contributed by atoms with van der Waals surface area (Å²) in [5, 5.41) is 9.24. The number of nitrogens with one attached hydrogen (secondary N) is 2. The van der Waals surface area contributed by atoms with Gasteiger partial charge in [-0.25, -0.2) is 13.8 Å². The first-order chi connectivity index (χ1) is 11.0. The second-order valence-electron chi connectivity index (χ2n) is 6.06. The van der Waals surface area contributed by atoms with Crippen LogP contribution < -0.4 is 5.32 Å². The molecule has 1 atom stereocenters. The third-order valence-corrected chi connectivity index (χ3v) is 4.40. The van der Waals surface area contributed by atoms with Crippen molar-refractivity contribution in [1.29, 1.82) is 0 Å². The molecule has 1 saturated carbocycles. The first kappa shape index (κ1) is 16.3. The zero-order valence-corrected chi connectivity index (χ0v) is 13.0. The van der Waals surface area contributed by atoms with E-state index >= 15 is 0 Å². The monoisotopic (exact) mass is 329 g/mol. The highest BCUT2D eigenvalue weighted by Gasteiger charge is 2.58. The Labute approximate surface area is 132 Å². The highest BCUT2D eigenvalue weighted by molar-refractivity contribution is 5.89. The molecule has 2 heterocycles. The Morgan fingerprint density at radius 2 is 2.17 bits per heavy atom. The van der Waals surface area contributed by atoms with E-state index in [-0.39, 0.29) is 24.1 Å². The molecule has 128 valence electrons. The van der Waals surface area contributed by atoms with Crippen LogP contribution in [0, 0.1) is 0 Å². The zero-order valence-electron chi connectivity index (χ0n) is 13.0. The van der Waals surface area contributed by atoms with Crippen molar-refractivity contribution in [3.05, 3.63) is 11.6 Å². The normalized spacial score (nSPS) is 24.6. The van der Waals surface area contributed by atoms with E-state index < -0.39 is 12.0 Å². The number of alkyl halides is 2. The summed E-state index contributed by atoms with van der Waals surface area (Å²) >= 11 is 0. The SMILES string of the molecule is CNC(=O)c1n[nH]c(C2CCN(CCOC3CC3(F)F)CC2)n1. The summed E-state index contributed by atoms with van der Waals surface area (Å²) in [7, 11) is 1.54. The van der Waals surface area contributed by atoms with Gasteiger partial charge >= 0.3 is 0 Å². The average Bonchev–Trinajstić information content (AvgIpc) is 2.96. The first-order valence-corrected chi connectivity index (χ1v) is 7.86. The van der Waals surface area contributed by atoms with Crippen LogP contribution in [0.2, 0.25) is 0 Å². The van der Waals surface area contributed by atoms with E-state index in [1.807, 2.05) is 0 Å². The molecule has 0 aromatic carbocycles. The Morgan fingerprint density at radius 3 is 2.78 bits per heavy atom. The molecule has 2 aliphatic rings. The van der Waals surface area contributed by atoms with Gasteiger partial charge in [-0.3, -0.25) is 9.89 Å². The standard InChI is InChI=1S/C14H21F2N5O2/c1-17-13(22)12-18-11(19-20-12)9-2-4-21(5-3-9)6-7-23-10-8-14(10,15)16/h9-10H,2-8H2,1H3,(H,17,22)(H,18,19,20). The number of hydrogen-bond acceptors (Lipinski definition) is 5. The molecular weight excluding hydrogens is 308 g/mol. The Morgan fingerprint density at radius 1 is 1.48 bits per heavy atom. The van der Waals surface area contributed by atoms with Crippen molar-refractivity contribution in [3.63, 3.8) is 0 Å². The van der Waals surface area contributed by atoms with E-state index in [1.54, 1.807) is 0 Å². The summed E-state index contributed by atoms with van der Waals surface area (Å²) < 4.78 is 30.6. The first-order valence-electron chi connectivity index (χ1n) is 7.86. The fraction of sp³-hybridized carbons (Fsp3) is 0.786. The van der Waals surface area contributed by atoms with Crippen LogP contribution in [0.1, 0.15) is 41.6 Å². The largest absolute Gasteiger partial charge is 0.370 e. The number of ether oxygens (including phenoxy) is 1. The van der Waals surface area contributed by atoms with E-state index in [4.69, 9.17) is 4.74 Å². The summed E-state index contributed by atoms with van der Waals surface area (Å²) in [6.45, 7) is 2.71. The minimum Gasteiger partial charge on any atom is -0.370 e. The average molecular weight is 329 g/mol. The van der Waals surface area contributed by atoms with Gasteiger partial charge in [-0.1, -0.05) is 0 Å².